The highest BCUT2D eigenvalue weighted by molar-refractivity contribution is 5.43. The summed E-state index contributed by atoms with van der Waals surface area (Å²) in [5.41, 5.74) is 1.25. The van der Waals surface area contributed by atoms with Crippen LogP contribution in [0.3, 0.4) is 0 Å². The van der Waals surface area contributed by atoms with Crippen LogP contribution in [0.4, 0.5) is 5.69 Å². The maximum atomic E-state index is 8.64. The van der Waals surface area contributed by atoms with E-state index in [0.29, 0.717) is 5.69 Å². The van der Waals surface area contributed by atoms with E-state index in [1.54, 1.807) is 18.6 Å². The predicted octanol–water partition coefficient (Wildman–Crippen LogP) is 1.25. The fourth-order valence-corrected chi connectivity index (χ4v) is 1.54. The van der Waals surface area contributed by atoms with Crippen molar-refractivity contribution >= 4 is 5.69 Å². The number of nitriles is 1. The third-order valence-electron chi connectivity index (χ3n) is 2.39. The molecule has 0 spiro atoms. The topological polar surface area (TPSA) is 79.4 Å². The van der Waals surface area contributed by atoms with Gasteiger partial charge in [-0.3, -0.25) is 0 Å². The van der Waals surface area contributed by atoms with E-state index in [1.165, 1.54) is 0 Å². The van der Waals surface area contributed by atoms with Crippen molar-refractivity contribution in [2.75, 3.05) is 5.32 Å². The quantitative estimate of drug-likeness (QED) is 0.855. The molecule has 0 aliphatic heterocycles. The molecule has 2 heterocycles. The Morgan fingerprint density at radius 2 is 2.29 bits per heavy atom. The van der Waals surface area contributed by atoms with Gasteiger partial charge in [0.2, 0.25) is 0 Å². The molecule has 0 bridgehead atoms. The summed E-state index contributed by atoms with van der Waals surface area (Å²) in [4.78, 5) is 3.99. The first-order valence-corrected chi connectivity index (χ1v) is 5.17. The third-order valence-corrected chi connectivity index (χ3v) is 2.39. The van der Waals surface area contributed by atoms with Crippen LogP contribution in [0.1, 0.15) is 24.5 Å². The lowest BCUT2D eigenvalue weighted by Crippen LogP contribution is -2.12. The molecular formula is C11H12N6. The molecule has 0 saturated heterocycles. The zero-order valence-corrected chi connectivity index (χ0v) is 9.62. The Morgan fingerprint density at radius 1 is 1.47 bits per heavy atom. The molecule has 6 heteroatoms. The van der Waals surface area contributed by atoms with Crippen LogP contribution >= 0.6 is 0 Å². The summed E-state index contributed by atoms with van der Waals surface area (Å²) < 4.78 is 1.86. The first kappa shape index (κ1) is 11.1. The van der Waals surface area contributed by atoms with Crippen LogP contribution in [0.25, 0.3) is 0 Å². The SMILES string of the molecule is CC(Nc1ccc(C#N)nc1)c1nncn1C. The lowest BCUT2D eigenvalue weighted by molar-refractivity contribution is 0.719. The number of anilines is 1. The Hall–Kier alpha value is -2.42. The molecule has 0 aliphatic rings. The Kier molecular flexibility index (Phi) is 3.01. The molecular weight excluding hydrogens is 216 g/mol. The number of aryl methyl sites for hydroxylation is 1. The van der Waals surface area contributed by atoms with Crippen molar-refractivity contribution in [3.8, 4) is 6.07 Å². The monoisotopic (exact) mass is 228 g/mol. The Morgan fingerprint density at radius 3 is 2.82 bits per heavy atom. The van der Waals surface area contributed by atoms with Crippen LogP contribution in [0.2, 0.25) is 0 Å². The summed E-state index contributed by atoms with van der Waals surface area (Å²) in [7, 11) is 1.89. The van der Waals surface area contributed by atoms with Gasteiger partial charge < -0.3 is 9.88 Å². The fourth-order valence-electron chi connectivity index (χ4n) is 1.54. The fraction of sp³-hybridized carbons (Fsp3) is 0.273. The molecule has 1 unspecified atom stereocenters. The number of rotatable bonds is 3. The molecule has 0 fully saturated rings. The zero-order valence-electron chi connectivity index (χ0n) is 9.62. The van der Waals surface area contributed by atoms with Crippen molar-refractivity contribution in [2.24, 2.45) is 7.05 Å². The second kappa shape index (κ2) is 4.61. The third kappa shape index (κ3) is 2.39. The van der Waals surface area contributed by atoms with E-state index in [2.05, 4.69) is 20.5 Å². The molecule has 0 aliphatic carbocycles. The molecule has 0 saturated carbocycles. The minimum Gasteiger partial charge on any atom is -0.374 e. The highest BCUT2D eigenvalue weighted by atomic mass is 15.3. The Labute approximate surface area is 98.9 Å². The van der Waals surface area contributed by atoms with Gasteiger partial charge in [-0.2, -0.15) is 5.26 Å². The number of nitrogens with one attached hydrogen (secondary N) is 1. The summed E-state index contributed by atoms with van der Waals surface area (Å²) in [6.45, 7) is 1.99. The number of hydrogen-bond acceptors (Lipinski definition) is 5. The van der Waals surface area contributed by atoms with Crippen LogP contribution in [-0.4, -0.2) is 19.7 Å². The van der Waals surface area contributed by atoms with Crippen molar-refractivity contribution in [1.29, 1.82) is 5.26 Å². The molecule has 1 atom stereocenters. The maximum Gasteiger partial charge on any atom is 0.154 e. The molecule has 2 aromatic heterocycles. The highest BCUT2D eigenvalue weighted by Gasteiger charge is 2.10. The first-order chi connectivity index (χ1) is 8.20. The van der Waals surface area contributed by atoms with Gasteiger partial charge >= 0.3 is 0 Å². The second-order valence-corrected chi connectivity index (χ2v) is 3.71. The van der Waals surface area contributed by atoms with E-state index < -0.39 is 0 Å². The van der Waals surface area contributed by atoms with E-state index in [-0.39, 0.29) is 6.04 Å². The summed E-state index contributed by atoms with van der Waals surface area (Å²) in [6, 6.07) is 5.49. The zero-order chi connectivity index (χ0) is 12.3. The molecule has 0 amide bonds. The van der Waals surface area contributed by atoms with Gasteiger partial charge in [0.1, 0.15) is 18.1 Å². The van der Waals surface area contributed by atoms with Crippen molar-refractivity contribution in [2.45, 2.75) is 13.0 Å². The molecule has 17 heavy (non-hydrogen) atoms. The van der Waals surface area contributed by atoms with Crippen molar-refractivity contribution in [3.05, 3.63) is 36.2 Å². The number of hydrogen-bond donors (Lipinski definition) is 1. The van der Waals surface area contributed by atoms with E-state index in [0.717, 1.165) is 11.5 Å². The van der Waals surface area contributed by atoms with E-state index in [9.17, 15) is 0 Å². The molecule has 86 valence electrons. The molecule has 0 radical (unpaired) electrons. The van der Waals surface area contributed by atoms with Gasteiger partial charge in [0.25, 0.3) is 0 Å². The lowest BCUT2D eigenvalue weighted by atomic mass is 10.3. The lowest BCUT2D eigenvalue weighted by Gasteiger charge is -2.13. The van der Waals surface area contributed by atoms with Gasteiger partial charge in [0, 0.05) is 7.05 Å². The van der Waals surface area contributed by atoms with Crippen LogP contribution in [0.15, 0.2) is 24.7 Å². The summed E-state index contributed by atoms with van der Waals surface area (Å²) in [5.74, 6) is 0.842. The largest absolute Gasteiger partial charge is 0.374 e. The van der Waals surface area contributed by atoms with Crippen LogP contribution in [-0.2, 0) is 7.05 Å². The highest BCUT2D eigenvalue weighted by Crippen LogP contribution is 2.15. The molecule has 0 aromatic carbocycles. The maximum absolute atomic E-state index is 8.64. The minimum absolute atomic E-state index is 0.0252. The van der Waals surface area contributed by atoms with Gasteiger partial charge in [-0.15, -0.1) is 10.2 Å². The molecule has 2 aromatic rings. The average molecular weight is 228 g/mol. The summed E-state index contributed by atoms with van der Waals surface area (Å²) in [5, 5.41) is 19.7. The Balaban J connectivity index is 2.11. The smallest absolute Gasteiger partial charge is 0.154 e. The Bertz CT molecular complexity index is 536. The number of nitrogens with zero attached hydrogens (tertiary/aromatic N) is 5. The van der Waals surface area contributed by atoms with Crippen molar-refractivity contribution < 1.29 is 0 Å². The van der Waals surface area contributed by atoms with Gasteiger partial charge in [-0.05, 0) is 19.1 Å². The van der Waals surface area contributed by atoms with Gasteiger partial charge in [0.15, 0.2) is 5.82 Å². The second-order valence-electron chi connectivity index (χ2n) is 3.71. The van der Waals surface area contributed by atoms with Crippen molar-refractivity contribution in [1.82, 2.24) is 19.7 Å². The predicted molar refractivity (Wildman–Crippen MR) is 62.0 cm³/mol. The van der Waals surface area contributed by atoms with Crippen LogP contribution < -0.4 is 5.32 Å². The van der Waals surface area contributed by atoms with Gasteiger partial charge in [-0.25, -0.2) is 4.98 Å². The minimum atomic E-state index is 0.0252. The molecule has 6 nitrogen and oxygen atoms in total. The van der Waals surface area contributed by atoms with Crippen LogP contribution in [0, 0.1) is 11.3 Å². The van der Waals surface area contributed by atoms with Gasteiger partial charge in [-0.1, -0.05) is 0 Å². The first-order valence-electron chi connectivity index (χ1n) is 5.17. The van der Waals surface area contributed by atoms with E-state index in [1.807, 2.05) is 30.7 Å². The number of pyridine rings is 1. The van der Waals surface area contributed by atoms with E-state index >= 15 is 0 Å². The van der Waals surface area contributed by atoms with Crippen molar-refractivity contribution in [3.63, 3.8) is 0 Å². The summed E-state index contributed by atoms with van der Waals surface area (Å²) in [6.07, 6.45) is 3.29. The van der Waals surface area contributed by atoms with E-state index in [4.69, 9.17) is 5.26 Å². The molecule has 2 rings (SSSR count). The average Bonchev–Trinajstić information content (AvgIpc) is 2.76. The standard InChI is InChI=1S/C11H12N6/c1-8(11-16-14-7-17(11)2)15-10-4-3-9(5-12)13-6-10/h3-4,6-8,15H,1-2H3. The summed E-state index contributed by atoms with van der Waals surface area (Å²) >= 11 is 0. The normalized spacial score (nSPS) is 11.8. The van der Waals surface area contributed by atoms with Gasteiger partial charge in [0.05, 0.1) is 17.9 Å². The van der Waals surface area contributed by atoms with Crippen LogP contribution in [0.5, 0.6) is 0 Å². The number of aromatic nitrogens is 4. The molecule has 1 N–H and O–H groups in total.